The van der Waals surface area contributed by atoms with Gasteiger partial charge in [-0.25, -0.2) is 0 Å². The fourth-order valence-electron chi connectivity index (χ4n) is 5.56. The molecule has 0 saturated carbocycles. The fraction of sp³-hybridized carbons (Fsp3) is 0.774. The maximum absolute atomic E-state index is 12.6. The van der Waals surface area contributed by atoms with Crippen LogP contribution in [0, 0.1) is 0 Å². The summed E-state index contributed by atoms with van der Waals surface area (Å²) in [4.78, 5) is 12.6. The standard InChI is InChI=1S/C31H50O9/c1-4-5-6-7-8-9-10-11-12-13-14-15-19-22-26(32)39-29-27(33)30(34,35-2)31(36-3)25(38-29)23-37-28(40-31)24-20-17-16-18-21-24/h16-18,20-21,25,27-29,33-34H,4-15,19,22-23H2,1-3H3/t25?,27-,28?,29-,30-,31+/m0/s1. The van der Waals surface area contributed by atoms with Crippen LogP contribution in [-0.2, 0) is 33.2 Å². The van der Waals surface area contributed by atoms with Crippen LogP contribution in [0.5, 0.6) is 0 Å². The van der Waals surface area contributed by atoms with E-state index in [1.165, 1.54) is 78.4 Å². The van der Waals surface area contributed by atoms with Gasteiger partial charge >= 0.3 is 5.97 Å². The quantitative estimate of drug-likeness (QED) is 0.135. The number of fused-ring (bicyclic) bond motifs is 1. The van der Waals surface area contributed by atoms with Gasteiger partial charge in [0.1, 0.15) is 6.10 Å². The maximum Gasteiger partial charge on any atom is 0.308 e. The van der Waals surface area contributed by atoms with E-state index in [2.05, 4.69) is 6.92 Å². The second kappa shape index (κ2) is 16.8. The summed E-state index contributed by atoms with van der Waals surface area (Å²) in [5, 5.41) is 22.5. The summed E-state index contributed by atoms with van der Waals surface area (Å²) in [7, 11) is 2.54. The zero-order valence-corrected chi connectivity index (χ0v) is 24.6. The van der Waals surface area contributed by atoms with Crippen LogP contribution in [0.25, 0.3) is 0 Å². The van der Waals surface area contributed by atoms with E-state index in [-0.39, 0.29) is 13.0 Å². The van der Waals surface area contributed by atoms with Gasteiger partial charge < -0.3 is 38.6 Å². The van der Waals surface area contributed by atoms with Gasteiger partial charge in [-0.2, -0.15) is 0 Å². The maximum atomic E-state index is 12.6. The highest BCUT2D eigenvalue weighted by atomic mass is 16.9. The second-order valence-electron chi connectivity index (χ2n) is 10.9. The molecule has 2 heterocycles. The molecule has 9 heteroatoms. The number of hydrogen-bond acceptors (Lipinski definition) is 9. The number of aliphatic hydroxyl groups excluding tert-OH is 1. The van der Waals surface area contributed by atoms with E-state index in [0.717, 1.165) is 12.8 Å². The molecular formula is C31H50O9. The van der Waals surface area contributed by atoms with Crippen molar-refractivity contribution in [1.82, 2.24) is 0 Å². The molecule has 0 aromatic heterocycles. The molecule has 228 valence electrons. The molecule has 2 aliphatic heterocycles. The van der Waals surface area contributed by atoms with Crippen molar-refractivity contribution in [1.29, 1.82) is 0 Å². The molecule has 9 nitrogen and oxygen atoms in total. The Hall–Kier alpha value is -1.59. The first kappa shape index (κ1) is 32.9. The first-order valence-corrected chi connectivity index (χ1v) is 15.1. The van der Waals surface area contributed by atoms with Gasteiger partial charge in [0.25, 0.3) is 11.6 Å². The van der Waals surface area contributed by atoms with E-state index in [9.17, 15) is 15.0 Å². The lowest BCUT2D eigenvalue weighted by Crippen LogP contribution is -2.78. The van der Waals surface area contributed by atoms with E-state index in [4.69, 9.17) is 28.4 Å². The highest BCUT2D eigenvalue weighted by molar-refractivity contribution is 5.69. The lowest BCUT2D eigenvalue weighted by molar-refractivity contribution is -0.521. The monoisotopic (exact) mass is 566 g/mol. The van der Waals surface area contributed by atoms with Gasteiger partial charge in [-0.05, 0) is 6.42 Å². The van der Waals surface area contributed by atoms with Crippen LogP contribution in [-0.4, -0.2) is 67.1 Å². The Morgan fingerprint density at radius 1 is 0.900 bits per heavy atom. The molecule has 2 saturated heterocycles. The average molecular weight is 567 g/mol. The Labute approximate surface area is 239 Å². The van der Waals surface area contributed by atoms with E-state index in [1.54, 1.807) is 12.1 Å². The molecule has 2 fully saturated rings. The van der Waals surface area contributed by atoms with Gasteiger partial charge in [0.05, 0.1) is 6.61 Å². The van der Waals surface area contributed by atoms with Gasteiger partial charge in [-0.1, -0.05) is 114 Å². The SMILES string of the molecule is CCCCCCCCCCCCCCCC(=O)O[C@@H]1OC2COC(c3ccccc3)O[C@@]2(OC)[C@@](O)(OC)[C@H]1O. The van der Waals surface area contributed by atoms with E-state index in [0.29, 0.717) is 12.0 Å². The molecule has 0 radical (unpaired) electrons. The minimum atomic E-state index is -2.40. The second-order valence-corrected chi connectivity index (χ2v) is 10.9. The highest BCUT2D eigenvalue weighted by Crippen LogP contribution is 2.48. The number of methoxy groups -OCH3 is 2. The summed E-state index contributed by atoms with van der Waals surface area (Å²) in [6.07, 6.45) is 10.7. The molecule has 0 aliphatic carbocycles. The van der Waals surface area contributed by atoms with Crippen LogP contribution in [0.2, 0.25) is 0 Å². The Morgan fingerprint density at radius 2 is 1.48 bits per heavy atom. The van der Waals surface area contributed by atoms with Crippen molar-refractivity contribution in [3.05, 3.63) is 35.9 Å². The molecule has 0 spiro atoms. The lowest BCUT2D eigenvalue weighted by atomic mass is 9.89. The number of hydrogen-bond donors (Lipinski definition) is 2. The third-order valence-electron chi connectivity index (χ3n) is 7.98. The zero-order valence-electron chi connectivity index (χ0n) is 24.6. The van der Waals surface area contributed by atoms with Crippen molar-refractivity contribution in [3.63, 3.8) is 0 Å². The fourth-order valence-corrected chi connectivity index (χ4v) is 5.56. The smallest absolute Gasteiger partial charge is 0.308 e. The molecule has 0 amide bonds. The number of benzene rings is 1. The molecule has 6 atom stereocenters. The van der Waals surface area contributed by atoms with Crippen LogP contribution < -0.4 is 0 Å². The topological polar surface area (TPSA) is 113 Å². The highest BCUT2D eigenvalue weighted by Gasteiger charge is 2.71. The number of aliphatic hydroxyl groups is 2. The summed E-state index contributed by atoms with van der Waals surface area (Å²) in [6.45, 7) is 2.19. The number of ether oxygens (including phenoxy) is 6. The first-order valence-electron chi connectivity index (χ1n) is 15.1. The molecule has 1 aromatic carbocycles. The molecule has 0 bridgehead atoms. The molecule has 40 heavy (non-hydrogen) atoms. The Morgan fingerprint density at radius 3 is 2.02 bits per heavy atom. The van der Waals surface area contributed by atoms with Gasteiger partial charge in [-0.3, -0.25) is 4.79 Å². The average Bonchev–Trinajstić information content (AvgIpc) is 2.98. The van der Waals surface area contributed by atoms with Gasteiger partial charge in [-0.15, -0.1) is 0 Å². The van der Waals surface area contributed by atoms with E-state index >= 15 is 0 Å². The van der Waals surface area contributed by atoms with Gasteiger partial charge in [0, 0.05) is 26.2 Å². The molecule has 2 unspecified atom stereocenters. The van der Waals surface area contributed by atoms with Crippen molar-refractivity contribution in [3.8, 4) is 0 Å². The van der Waals surface area contributed by atoms with Crippen molar-refractivity contribution in [2.75, 3.05) is 20.8 Å². The number of unbranched alkanes of at least 4 members (excludes halogenated alkanes) is 12. The zero-order chi connectivity index (χ0) is 28.8. The van der Waals surface area contributed by atoms with Crippen molar-refractivity contribution in [2.45, 2.75) is 133 Å². The van der Waals surface area contributed by atoms with E-state index in [1.807, 2.05) is 18.2 Å². The van der Waals surface area contributed by atoms with Crippen LogP contribution in [0.15, 0.2) is 30.3 Å². The van der Waals surface area contributed by atoms with Crippen molar-refractivity contribution >= 4 is 5.97 Å². The lowest BCUT2D eigenvalue weighted by Gasteiger charge is -2.57. The minimum absolute atomic E-state index is 0.0568. The number of carbonyl (C=O) groups excluding carboxylic acids is 1. The summed E-state index contributed by atoms with van der Waals surface area (Å²) >= 11 is 0. The Balaban J connectivity index is 1.41. The predicted octanol–water partition coefficient (Wildman–Crippen LogP) is 5.52. The normalized spacial score (nSPS) is 30.1. The van der Waals surface area contributed by atoms with E-state index < -0.39 is 42.3 Å². The molecule has 1 aromatic rings. The van der Waals surface area contributed by atoms with Crippen molar-refractivity contribution < 1.29 is 43.4 Å². The Bertz CT molecular complexity index is 852. The van der Waals surface area contributed by atoms with Gasteiger partial charge in [0.2, 0.25) is 6.29 Å². The molecule has 2 aliphatic rings. The van der Waals surface area contributed by atoms with Crippen LogP contribution >= 0.6 is 0 Å². The predicted molar refractivity (Wildman–Crippen MR) is 149 cm³/mol. The largest absolute Gasteiger partial charge is 0.433 e. The van der Waals surface area contributed by atoms with Crippen LogP contribution in [0.4, 0.5) is 0 Å². The summed E-state index contributed by atoms with van der Waals surface area (Å²) in [5.74, 6) is -4.85. The third-order valence-corrected chi connectivity index (χ3v) is 7.98. The van der Waals surface area contributed by atoms with Crippen LogP contribution in [0.3, 0.4) is 0 Å². The Kier molecular flexibility index (Phi) is 13.8. The minimum Gasteiger partial charge on any atom is -0.433 e. The molecular weight excluding hydrogens is 516 g/mol. The number of esters is 1. The van der Waals surface area contributed by atoms with Crippen LogP contribution in [0.1, 0.15) is 109 Å². The third kappa shape index (κ3) is 8.25. The van der Waals surface area contributed by atoms with Crippen molar-refractivity contribution in [2.24, 2.45) is 0 Å². The van der Waals surface area contributed by atoms with Gasteiger partial charge in [0.15, 0.2) is 12.4 Å². The molecule has 2 N–H and O–H groups in total. The summed E-state index contributed by atoms with van der Waals surface area (Å²) in [5.41, 5.74) is 0.691. The summed E-state index contributed by atoms with van der Waals surface area (Å²) < 4.78 is 34.2. The summed E-state index contributed by atoms with van der Waals surface area (Å²) in [6, 6.07) is 9.13. The number of rotatable bonds is 18. The molecule has 3 rings (SSSR count). The number of carbonyl (C=O) groups is 1. The first-order chi connectivity index (χ1) is 19.4.